The lowest BCUT2D eigenvalue weighted by Gasteiger charge is -2.30. The third-order valence-electron chi connectivity index (χ3n) is 6.11. The van der Waals surface area contributed by atoms with Gasteiger partial charge in [-0.1, -0.05) is 42.5 Å². The minimum Gasteiger partial charge on any atom is -0.481 e. The zero-order valence-corrected chi connectivity index (χ0v) is 19.6. The monoisotopic (exact) mass is 490 g/mol. The number of carbonyl (C=O) groups excluding carboxylic acids is 1. The summed E-state index contributed by atoms with van der Waals surface area (Å²) in [5.74, 6) is -1.33. The van der Waals surface area contributed by atoms with Crippen molar-refractivity contribution < 1.29 is 24.2 Å². The second kappa shape index (κ2) is 10.3. The van der Waals surface area contributed by atoms with Crippen LogP contribution in [0.1, 0.15) is 33.8 Å². The summed E-state index contributed by atoms with van der Waals surface area (Å²) in [6.45, 7) is 0. The van der Waals surface area contributed by atoms with Crippen molar-refractivity contribution in [3.8, 4) is 28.7 Å². The fourth-order valence-electron chi connectivity index (χ4n) is 4.26. The number of carbonyl (C=O) groups is 2. The maximum Gasteiger partial charge on any atom is 0.311 e. The largest absolute Gasteiger partial charge is 0.481 e. The summed E-state index contributed by atoms with van der Waals surface area (Å²) in [5.41, 5.74) is 4.01. The Bertz CT molecular complexity index is 1490. The van der Waals surface area contributed by atoms with E-state index in [-0.39, 0.29) is 12.3 Å². The maximum atomic E-state index is 12.8. The molecule has 0 saturated heterocycles. The molecule has 7 nitrogen and oxygen atoms in total. The number of nitriles is 1. The van der Waals surface area contributed by atoms with Gasteiger partial charge in [-0.05, 0) is 65.7 Å². The fourth-order valence-corrected chi connectivity index (χ4v) is 4.26. The number of fused-ring (bicyclic) bond motifs is 1. The van der Waals surface area contributed by atoms with E-state index in [1.807, 2.05) is 60.7 Å². The van der Waals surface area contributed by atoms with Crippen LogP contribution in [0.2, 0.25) is 0 Å². The van der Waals surface area contributed by atoms with E-state index in [4.69, 9.17) is 14.7 Å². The van der Waals surface area contributed by atoms with Gasteiger partial charge in [-0.25, -0.2) is 0 Å². The van der Waals surface area contributed by atoms with Crippen LogP contribution < -0.4 is 14.8 Å². The molecule has 2 unspecified atom stereocenters. The predicted molar refractivity (Wildman–Crippen MR) is 137 cm³/mol. The molecule has 0 spiro atoms. The van der Waals surface area contributed by atoms with Gasteiger partial charge >= 0.3 is 5.97 Å². The van der Waals surface area contributed by atoms with Crippen LogP contribution in [0.4, 0.5) is 5.69 Å². The second-order valence-corrected chi connectivity index (χ2v) is 8.58. The summed E-state index contributed by atoms with van der Waals surface area (Å²) < 4.78 is 11.7. The highest BCUT2D eigenvalue weighted by Gasteiger charge is 2.34. The van der Waals surface area contributed by atoms with Gasteiger partial charge in [-0.15, -0.1) is 0 Å². The average molecular weight is 491 g/mol. The molecule has 0 fully saturated rings. The van der Waals surface area contributed by atoms with Crippen molar-refractivity contribution in [2.24, 2.45) is 0 Å². The van der Waals surface area contributed by atoms with E-state index in [0.29, 0.717) is 33.9 Å². The number of nitrogens with zero attached hydrogens (tertiary/aromatic N) is 1. The van der Waals surface area contributed by atoms with E-state index in [1.165, 1.54) is 6.07 Å². The van der Waals surface area contributed by atoms with Gasteiger partial charge in [-0.3, -0.25) is 9.59 Å². The minimum atomic E-state index is -1.02. The van der Waals surface area contributed by atoms with Gasteiger partial charge in [0, 0.05) is 23.2 Å². The predicted octanol–water partition coefficient (Wildman–Crippen LogP) is 5.83. The van der Waals surface area contributed by atoms with E-state index < -0.39 is 18.2 Å². The Kier molecular flexibility index (Phi) is 6.56. The summed E-state index contributed by atoms with van der Waals surface area (Å²) in [6, 6.07) is 30.8. The molecule has 2 N–H and O–H groups in total. The summed E-state index contributed by atoms with van der Waals surface area (Å²) >= 11 is 0. The lowest BCUT2D eigenvalue weighted by Crippen LogP contribution is -2.33. The van der Waals surface area contributed by atoms with E-state index in [0.717, 1.165) is 11.1 Å². The molecule has 0 saturated carbocycles. The number of ether oxygens (including phenoxy) is 2. The number of hydrogen-bond acceptors (Lipinski definition) is 5. The molecule has 37 heavy (non-hydrogen) atoms. The zero-order chi connectivity index (χ0) is 25.8. The van der Waals surface area contributed by atoms with E-state index in [2.05, 4.69) is 5.32 Å². The van der Waals surface area contributed by atoms with E-state index >= 15 is 0 Å². The lowest BCUT2D eigenvalue weighted by atomic mass is 9.91. The van der Waals surface area contributed by atoms with Crippen LogP contribution in [0.5, 0.6) is 11.5 Å². The van der Waals surface area contributed by atoms with Crippen molar-refractivity contribution in [3.63, 3.8) is 0 Å². The first kappa shape index (κ1) is 23.6. The molecule has 7 heteroatoms. The third kappa shape index (κ3) is 5.29. The van der Waals surface area contributed by atoms with E-state index in [1.54, 1.807) is 36.4 Å². The van der Waals surface area contributed by atoms with Gasteiger partial charge < -0.3 is 19.9 Å². The number of carboxylic acid groups (broad SMARTS) is 1. The molecule has 1 heterocycles. The van der Waals surface area contributed by atoms with Crippen LogP contribution in [0.25, 0.3) is 11.1 Å². The van der Waals surface area contributed by atoms with E-state index in [9.17, 15) is 14.7 Å². The van der Waals surface area contributed by atoms with Crippen molar-refractivity contribution in [2.45, 2.75) is 18.6 Å². The number of hydrogen-bond donors (Lipinski definition) is 2. The molecule has 0 radical (unpaired) electrons. The van der Waals surface area contributed by atoms with Gasteiger partial charge in [0.05, 0.1) is 17.6 Å². The van der Waals surface area contributed by atoms with Gasteiger partial charge in [0.1, 0.15) is 11.5 Å². The van der Waals surface area contributed by atoms with Gasteiger partial charge in [0.25, 0.3) is 5.91 Å². The fraction of sp³-hybridized carbons (Fsp3) is 0.100. The molecule has 5 rings (SSSR count). The van der Waals surface area contributed by atoms with Crippen LogP contribution in [0.15, 0.2) is 97.1 Å². The van der Waals surface area contributed by atoms with Crippen LogP contribution in [-0.2, 0) is 4.79 Å². The number of rotatable bonds is 6. The Labute approximate surface area is 213 Å². The highest BCUT2D eigenvalue weighted by Crippen LogP contribution is 2.38. The minimum absolute atomic E-state index is 0.0806. The smallest absolute Gasteiger partial charge is 0.311 e. The van der Waals surface area contributed by atoms with Gasteiger partial charge in [-0.2, -0.15) is 5.26 Å². The molecule has 1 aliphatic heterocycles. The summed E-state index contributed by atoms with van der Waals surface area (Å²) in [6.07, 6.45) is -0.751. The van der Waals surface area contributed by atoms with Crippen molar-refractivity contribution >= 4 is 17.6 Å². The Morgan fingerprint density at radius 2 is 1.68 bits per heavy atom. The normalized spacial score (nSPS) is 16.0. The van der Waals surface area contributed by atoms with Crippen LogP contribution in [0.3, 0.4) is 0 Å². The first-order valence-electron chi connectivity index (χ1n) is 11.7. The van der Waals surface area contributed by atoms with Crippen molar-refractivity contribution in [1.29, 1.82) is 5.26 Å². The Morgan fingerprint density at radius 3 is 2.41 bits per heavy atom. The number of aliphatic carboxylic acids is 1. The van der Waals surface area contributed by atoms with Crippen LogP contribution in [0, 0.1) is 11.3 Å². The van der Waals surface area contributed by atoms with Crippen LogP contribution >= 0.6 is 0 Å². The summed E-state index contributed by atoms with van der Waals surface area (Å²) in [5, 5.41) is 21.7. The topological polar surface area (TPSA) is 109 Å². The number of amides is 1. The molecule has 0 bridgehead atoms. The molecular weight excluding hydrogens is 468 g/mol. The number of nitrogens with one attached hydrogen (secondary N) is 1. The summed E-state index contributed by atoms with van der Waals surface area (Å²) in [4.78, 5) is 24.7. The molecule has 182 valence electrons. The maximum absolute atomic E-state index is 12.8. The zero-order valence-electron chi connectivity index (χ0n) is 19.6. The molecule has 4 aromatic carbocycles. The molecule has 0 aliphatic carbocycles. The third-order valence-corrected chi connectivity index (χ3v) is 6.11. The standard InChI is InChI=1S/C30H22N2O5/c31-18-19-9-14-27-25(15-19)26(30(34)35)17-28(37-27)36-24-12-10-21(11-13-24)29(33)32-23-8-4-7-22(16-23)20-5-2-1-3-6-20/h1-16,26,28H,17H2,(H,32,33)(H,34,35). The Hall–Kier alpha value is -5.09. The molecule has 1 amide bonds. The second-order valence-electron chi connectivity index (χ2n) is 8.58. The van der Waals surface area contributed by atoms with Gasteiger partial charge in [0.15, 0.2) is 0 Å². The molecule has 4 aromatic rings. The van der Waals surface area contributed by atoms with Crippen molar-refractivity contribution in [1.82, 2.24) is 0 Å². The Balaban J connectivity index is 1.26. The number of benzene rings is 4. The van der Waals surface area contributed by atoms with Crippen molar-refractivity contribution in [3.05, 3.63) is 114 Å². The summed E-state index contributed by atoms with van der Waals surface area (Å²) in [7, 11) is 0. The molecular formula is C30H22N2O5. The lowest BCUT2D eigenvalue weighted by molar-refractivity contribution is -0.141. The Morgan fingerprint density at radius 1 is 0.919 bits per heavy atom. The number of carboxylic acids is 1. The van der Waals surface area contributed by atoms with Crippen LogP contribution in [-0.4, -0.2) is 23.3 Å². The molecule has 2 atom stereocenters. The quantitative estimate of drug-likeness (QED) is 0.352. The molecule has 0 aromatic heterocycles. The molecule has 1 aliphatic rings. The SMILES string of the molecule is N#Cc1ccc2c(c1)C(C(=O)O)CC(Oc1ccc(C(=O)Nc3cccc(-c4ccccc4)c3)cc1)O2. The number of anilines is 1. The average Bonchev–Trinajstić information content (AvgIpc) is 2.93. The first-order chi connectivity index (χ1) is 18.0. The van der Waals surface area contributed by atoms with Crippen molar-refractivity contribution in [2.75, 3.05) is 5.32 Å². The van der Waals surface area contributed by atoms with Gasteiger partial charge in [0.2, 0.25) is 6.29 Å². The highest BCUT2D eigenvalue weighted by atomic mass is 16.7. The highest BCUT2D eigenvalue weighted by molar-refractivity contribution is 6.04. The first-order valence-corrected chi connectivity index (χ1v) is 11.7.